The number of carboxylic acids is 1. The molecular formula is C8H14F2N2O3. The Morgan fingerprint density at radius 2 is 1.87 bits per heavy atom. The first-order valence-corrected chi connectivity index (χ1v) is 4.54. The maximum atomic E-state index is 11.6. The molecule has 2 amide bonds. The Balaban J connectivity index is 3.28. The molecule has 0 rings (SSSR count). The first kappa shape index (κ1) is 13.6. The molecule has 0 radical (unpaired) electrons. The maximum absolute atomic E-state index is 11.6. The zero-order valence-electron chi connectivity index (χ0n) is 8.13. The fraction of sp³-hybridized carbons (Fsp3) is 0.750. The average Bonchev–Trinajstić information content (AvgIpc) is 2.13. The van der Waals surface area contributed by atoms with Crippen LogP contribution in [0.1, 0.15) is 19.3 Å². The summed E-state index contributed by atoms with van der Waals surface area (Å²) in [7, 11) is 0. The van der Waals surface area contributed by atoms with Crippen molar-refractivity contribution >= 4 is 12.0 Å². The van der Waals surface area contributed by atoms with Gasteiger partial charge in [-0.15, -0.1) is 0 Å². The predicted octanol–water partition coefficient (Wildman–Crippen LogP) is 0.806. The number of alkyl halides is 2. The van der Waals surface area contributed by atoms with Crippen LogP contribution in [0.3, 0.4) is 0 Å². The second-order valence-electron chi connectivity index (χ2n) is 2.88. The third-order valence-corrected chi connectivity index (χ3v) is 1.52. The SMILES string of the molecule is O=C(O)CCCCNC(=O)NCC(F)F. The first-order valence-electron chi connectivity index (χ1n) is 4.54. The van der Waals surface area contributed by atoms with E-state index in [0.29, 0.717) is 12.8 Å². The number of rotatable bonds is 7. The van der Waals surface area contributed by atoms with Crippen molar-refractivity contribution < 1.29 is 23.5 Å². The van der Waals surface area contributed by atoms with Crippen molar-refractivity contribution in [1.82, 2.24) is 10.6 Å². The normalized spacial score (nSPS) is 10.1. The Bertz CT molecular complexity index is 212. The molecule has 0 saturated carbocycles. The molecule has 5 nitrogen and oxygen atoms in total. The van der Waals surface area contributed by atoms with Crippen molar-refractivity contribution in [3.8, 4) is 0 Å². The van der Waals surface area contributed by atoms with E-state index >= 15 is 0 Å². The fourth-order valence-corrected chi connectivity index (χ4v) is 0.835. The van der Waals surface area contributed by atoms with E-state index in [1.165, 1.54) is 0 Å². The van der Waals surface area contributed by atoms with Crippen LogP contribution in [-0.2, 0) is 4.79 Å². The number of nitrogens with one attached hydrogen (secondary N) is 2. The highest BCUT2D eigenvalue weighted by atomic mass is 19.3. The number of carbonyl (C=O) groups excluding carboxylic acids is 1. The van der Waals surface area contributed by atoms with Crippen molar-refractivity contribution in [3.05, 3.63) is 0 Å². The molecule has 3 N–H and O–H groups in total. The molecule has 0 spiro atoms. The Labute approximate surface area is 85.8 Å². The minimum atomic E-state index is -2.57. The largest absolute Gasteiger partial charge is 0.481 e. The number of carbonyl (C=O) groups is 2. The zero-order chi connectivity index (χ0) is 11.7. The first-order chi connectivity index (χ1) is 7.02. The van der Waals surface area contributed by atoms with E-state index < -0.39 is 25.0 Å². The van der Waals surface area contributed by atoms with Crippen LogP contribution < -0.4 is 10.6 Å². The molecule has 7 heteroatoms. The second kappa shape index (κ2) is 7.95. The minimum Gasteiger partial charge on any atom is -0.481 e. The van der Waals surface area contributed by atoms with Crippen LogP contribution in [0.2, 0.25) is 0 Å². The van der Waals surface area contributed by atoms with Gasteiger partial charge in [0.05, 0.1) is 6.54 Å². The van der Waals surface area contributed by atoms with Gasteiger partial charge < -0.3 is 15.7 Å². The highest BCUT2D eigenvalue weighted by Gasteiger charge is 2.05. The van der Waals surface area contributed by atoms with E-state index in [0.717, 1.165) is 0 Å². The van der Waals surface area contributed by atoms with Gasteiger partial charge in [-0.1, -0.05) is 0 Å². The Morgan fingerprint density at radius 3 is 2.40 bits per heavy atom. The molecule has 0 heterocycles. The highest BCUT2D eigenvalue weighted by molar-refractivity contribution is 5.73. The van der Waals surface area contributed by atoms with Gasteiger partial charge in [0.2, 0.25) is 0 Å². The summed E-state index contributed by atoms with van der Waals surface area (Å²) in [5.41, 5.74) is 0. The molecular weight excluding hydrogens is 210 g/mol. The summed E-state index contributed by atoms with van der Waals surface area (Å²) in [5, 5.41) is 12.6. The molecule has 0 aromatic rings. The number of unbranched alkanes of at least 4 members (excludes halogenated alkanes) is 1. The number of amides is 2. The van der Waals surface area contributed by atoms with Crippen LogP contribution in [0, 0.1) is 0 Å². The number of hydrogen-bond acceptors (Lipinski definition) is 2. The maximum Gasteiger partial charge on any atom is 0.314 e. The van der Waals surface area contributed by atoms with Gasteiger partial charge in [-0.2, -0.15) is 0 Å². The van der Waals surface area contributed by atoms with Gasteiger partial charge in [0.15, 0.2) is 0 Å². The molecule has 88 valence electrons. The second-order valence-corrected chi connectivity index (χ2v) is 2.88. The van der Waals surface area contributed by atoms with Gasteiger partial charge in [0.1, 0.15) is 0 Å². The van der Waals surface area contributed by atoms with Gasteiger partial charge in [-0.05, 0) is 12.8 Å². The Morgan fingerprint density at radius 1 is 1.20 bits per heavy atom. The third kappa shape index (κ3) is 10.5. The van der Waals surface area contributed by atoms with Crippen LogP contribution in [-0.4, -0.2) is 36.6 Å². The van der Waals surface area contributed by atoms with Crippen molar-refractivity contribution in [2.75, 3.05) is 13.1 Å². The lowest BCUT2D eigenvalue weighted by Gasteiger charge is -2.06. The lowest BCUT2D eigenvalue weighted by molar-refractivity contribution is -0.137. The Hall–Kier alpha value is -1.40. The van der Waals surface area contributed by atoms with Crippen LogP contribution in [0.5, 0.6) is 0 Å². The zero-order valence-corrected chi connectivity index (χ0v) is 8.13. The van der Waals surface area contributed by atoms with Gasteiger partial charge in [-0.25, -0.2) is 13.6 Å². The monoisotopic (exact) mass is 224 g/mol. The molecule has 0 unspecified atom stereocenters. The molecule has 0 aliphatic heterocycles. The standard InChI is InChI=1S/C8H14F2N2O3/c9-6(10)5-12-8(15)11-4-2-1-3-7(13)14/h6H,1-5H2,(H,13,14)(H2,11,12,15). The van der Waals surface area contributed by atoms with E-state index in [1.807, 2.05) is 5.32 Å². The fourth-order valence-electron chi connectivity index (χ4n) is 0.835. The summed E-state index contributed by atoms with van der Waals surface area (Å²) in [6, 6.07) is -0.661. The quantitative estimate of drug-likeness (QED) is 0.560. The molecule has 0 aromatic heterocycles. The van der Waals surface area contributed by atoms with Crippen molar-refractivity contribution in [2.45, 2.75) is 25.7 Å². The number of hydrogen-bond donors (Lipinski definition) is 3. The molecule has 0 aliphatic rings. The highest BCUT2D eigenvalue weighted by Crippen LogP contribution is 1.93. The van der Waals surface area contributed by atoms with E-state index in [1.54, 1.807) is 0 Å². The number of urea groups is 1. The molecule has 0 aromatic carbocycles. The number of aliphatic carboxylic acids is 1. The van der Waals surface area contributed by atoms with Crippen molar-refractivity contribution in [1.29, 1.82) is 0 Å². The summed E-state index contributed by atoms with van der Waals surface area (Å²) < 4.78 is 23.2. The lowest BCUT2D eigenvalue weighted by atomic mass is 10.2. The Kier molecular flexibility index (Phi) is 7.21. The molecule has 0 aliphatic carbocycles. The molecule has 0 saturated heterocycles. The smallest absolute Gasteiger partial charge is 0.314 e. The van der Waals surface area contributed by atoms with Gasteiger partial charge in [-0.3, -0.25) is 4.79 Å². The topological polar surface area (TPSA) is 78.4 Å². The summed E-state index contributed by atoms with van der Waals surface area (Å²) in [4.78, 5) is 20.9. The lowest BCUT2D eigenvalue weighted by Crippen LogP contribution is -2.38. The van der Waals surface area contributed by atoms with Crippen molar-refractivity contribution in [3.63, 3.8) is 0 Å². The van der Waals surface area contributed by atoms with E-state index in [4.69, 9.17) is 5.11 Å². The number of carboxylic acid groups (broad SMARTS) is 1. The number of halogens is 2. The van der Waals surface area contributed by atoms with Crippen LogP contribution in [0.25, 0.3) is 0 Å². The van der Waals surface area contributed by atoms with Gasteiger partial charge in [0, 0.05) is 13.0 Å². The van der Waals surface area contributed by atoms with Gasteiger partial charge in [0.25, 0.3) is 6.43 Å². The summed E-state index contributed by atoms with van der Waals surface area (Å²) in [5.74, 6) is -0.892. The van der Waals surface area contributed by atoms with Crippen LogP contribution >= 0.6 is 0 Å². The van der Waals surface area contributed by atoms with Crippen LogP contribution in [0.15, 0.2) is 0 Å². The van der Waals surface area contributed by atoms with Crippen LogP contribution in [0.4, 0.5) is 13.6 Å². The molecule has 0 atom stereocenters. The van der Waals surface area contributed by atoms with Crippen molar-refractivity contribution in [2.24, 2.45) is 0 Å². The summed E-state index contributed by atoms with van der Waals surface area (Å²) in [6.07, 6.45) is -1.57. The van der Waals surface area contributed by atoms with Gasteiger partial charge >= 0.3 is 12.0 Å². The summed E-state index contributed by atoms with van der Waals surface area (Å²) >= 11 is 0. The third-order valence-electron chi connectivity index (χ3n) is 1.52. The minimum absolute atomic E-state index is 0.0420. The predicted molar refractivity (Wildman–Crippen MR) is 48.9 cm³/mol. The molecule has 15 heavy (non-hydrogen) atoms. The summed E-state index contributed by atoms with van der Waals surface area (Å²) in [6.45, 7) is -0.399. The van der Waals surface area contributed by atoms with E-state index in [-0.39, 0.29) is 13.0 Å². The molecule has 0 bridgehead atoms. The molecule has 0 fully saturated rings. The average molecular weight is 224 g/mol. The van der Waals surface area contributed by atoms with E-state index in [9.17, 15) is 18.4 Å². The van der Waals surface area contributed by atoms with E-state index in [2.05, 4.69) is 5.32 Å².